The number of aryl methyl sites for hydroxylation is 1. The van der Waals surface area contributed by atoms with E-state index in [1.807, 2.05) is 26.8 Å². The van der Waals surface area contributed by atoms with Crippen molar-refractivity contribution in [2.75, 3.05) is 5.32 Å². The molecule has 1 saturated carbocycles. The highest BCUT2D eigenvalue weighted by atomic mass is 16.6. The van der Waals surface area contributed by atoms with Gasteiger partial charge in [0.15, 0.2) is 5.82 Å². The third-order valence-electron chi connectivity index (χ3n) is 4.36. The zero-order valence-corrected chi connectivity index (χ0v) is 15.9. The summed E-state index contributed by atoms with van der Waals surface area (Å²) in [5.41, 5.74) is 0.934. The minimum absolute atomic E-state index is 0.126. The van der Waals surface area contributed by atoms with Gasteiger partial charge < -0.3 is 15.4 Å². The van der Waals surface area contributed by atoms with Crippen molar-refractivity contribution in [3.8, 4) is 0 Å². The molecule has 0 aromatic carbocycles. The van der Waals surface area contributed by atoms with E-state index in [1.54, 1.807) is 7.05 Å². The second kappa shape index (κ2) is 7.37. The zero-order chi connectivity index (χ0) is 19.6. The van der Waals surface area contributed by atoms with Crippen molar-refractivity contribution in [2.45, 2.75) is 57.6 Å². The Morgan fingerprint density at radius 3 is 2.78 bits per heavy atom. The first-order valence-corrected chi connectivity index (χ1v) is 8.91. The molecule has 2 unspecified atom stereocenters. The summed E-state index contributed by atoms with van der Waals surface area (Å²) >= 11 is 0. The Balaban J connectivity index is 1.54. The molecule has 1 aliphatic carbocycles. The molecule has 1 fully saturated rings. The van der Waals surface area contributed by atoms with Gasteiger partial charge in [-0.25, -0.2) is 9.48 Å². The smallest absolute Gasteiger partial charge is 0.407 e. The van der Waals surface area contributed by atoms with E-state index in [1.165, 1.54) is 10.9 Å². The van der Waals surface area contributed by atoms with Crippen LogP contribution in [-0.2, 0) is 11.8 Å². The SMILES string of the molecule is Cn1nncc1C(=O)Nc1cc(C2CCC(OC(=O)NC(C)(C)C)C2)[nH]n1. The Labute approximate surface area is 157 Å². The van der Waals surface area contributed by atoms with Gasteiger partial charge in [0.25, 0.3) is 5.91 Å². The van der Waals surface area contributed by atoms with Crippen LogP contribution in [0.25, 0.3) is 0 Å². The Bertz CT molecular complexity index is 821. The van der Waals surface area contributed by atoms with E-state index < -0.39 is 6.09 Å². The fourth-order valence-corrected chi connectivity index (χ4v) is 3.10. The fourth-order valence-electron chi connectivity index (χ4n) is 3.10. The maximum absolute atomic E-state index is 12.2. The second-order valence-corrected chi connectivity index (χ2v) is 7.82. The maximum Gasteiger partial charge on any atom is 0.407 e. The maximum atomic E-state index is 12.2. The van der Waals surface area contributed by atoms with Crippen LogP contribution in [0.4, 0.5) is 10.6 Å². The number of carbonyl (C=O) groups is 2. The molecule has 146 valence electrons. The Morgan fingerprint density at radius 1 is 1.33 bits per heavy atom. The molecule has 2 heterocycles. The zero-order valence-electron chi connectivity index (χ0n) is 15.9. The molecule has 2 aromatic rings. The molecule has 3 N–H and O–H groups in total. The van der Waals surface area contributed by atoms with Crippen LogP contribution in [0, 0.1) is 0 Å². The number of rotatable bonds is 4. The molecule has 10 nitrogen and oxygen atoms in total. The highest BCUT2D eigenvalue weighted by Crippen LogP contribution is 2.35. The van der Waals surface area contributed by atoms with Gasteiger partial charge in [0.05, 0.1) is 6.20 Å². The second-order valence-electron chi connectivity index (χ2n) is 7.82. The van der Waals surface area contributed by atoms with Crippen LogP contribution in [-0.4, -0.2) is 48.8 Å². The fraction of sp³-hybridized carbons (Fsp3) is 0.588. The van der Waals surface area contributed by atoms with E-state index in [0.717, 1.165) is 25.0 Å². The number of nitrogens with zero attached hydrogens (tertiary/aromatic N) is 4. The number of H-pyrrole nitrogens is 1. The van der Waals surface area contributed by atoms with Crippen LogP contribution in [0.2, 0.25) is 0 Å². The number of anilines is 1. The monoisotopic (exact) mass is 375 g/mol. The number of nitrogens with one attached hydrogen (secondary N) is 3. The summed E-state index contributed by atoms with van der Waals surface area (Å²) in [6.45, 7) is 5.73. The van der Waals surface area contributed by atoms with Gasteiger partial charge in [0.1, 0.15) is 11.8 Å². The van der Waals surface area contributed by atoms with Crippen molar-refractivity contribution in [1.82, 2.24) is 30.5 Å². The molecular weight excluding hydrogens is 350 g/mol. The molecular formula is C17H25N7O3. The normalized spacial score (nSPS) is 19.7. The number of aromatic amines is 1. The van der Waals surface area contributed by atoms with Gasteiger partial charge >= 0.3 is 6.09 Å². The summed E-state index contributed by atoms with van der Waals surface area (Å²) < 4.78 is 6.90. The predicted molar refractivity (Wildman–Crippen MR) is 97.3 cm³/mol. The lowest BCUT2D eigenvalue weighted by molar-refractivity contribution is 0.0935. The van der Waals surface area contributed by atoms with Crippen LogP contribution in [0.1, 0.15) is 62.1 Å². The van der Waals surface area contributed by atoms with E-state index in [0.29, 0.717) is 11.5 Å². The highest BCUT2D eigenvalue weighted by Gasteiger charge is 2.30. The van der Waals surface area contributed by atoms with Gasteiger partial charge in [0.2, 0.25) is 0 Å². The number of amides is 2. The lowest BCUT2D eigenvalue weighted by atomic mass is 10.0. The molecule has 27 heavy (non-hydrogen) atoms. The summed E-state index contributed by atoms with van der Waals surface area (Å²) in [6.07, 6.45) is 3.27. The van der Waals surface area contributed by atoms with Gasteiger partial charge in [-0.2, -0.15) is 5.10 Å². The Kier molecular flexibility index (Phi) is 5.15. The lowest BCUT2D eigenvalue weighted by Crippen LogP contribution is -2.42. The molecule has 0 saturated heterocycles. The van der Waals surface area contributed by atoms with Crippen LogP contribution in [0.5, 0.6) is 0 Å². The van der Waals surface area contributed by atoms with E-state index in [-0.39, 0.29) is 23.5 Å². The first kappa shape index (κ1) is 18.9. The minimum Gasteiger partial charge on any atom is -0.446 e. The average molecular weight is 375 g/mol. The van der Waals surface area contributed by atoms with Crippen molar-refractivity contribution in [3.63, 3.8) is 0 Å². The standard InChI is InChI=1S/C17H25N7O3/c1-17(2,3)20-16(26)27-11-6-5-10(7-11)12-8-14(22-21-12)19-15(25)13-9-18-23-24(13)4/h8-11H,5-7H2,1-4H3,(H,20,26)(H2,19,21,22,25). The molecule has 2 amide bonds. The number of hydrogen-bond acceptors (Lipinski definition) is 6. The number of hydrogen-bond donors (Lipinski definition) is 3. The van der Waals surface area contributed by atoms with Crippen LogP contribution in [0.15, 0.2) is 12.3 Å². The average Bonchev–Trinajstić information content (AvgIpc) is 3.26. The summed E-state index contributed by atoms with van der Waals surface area (Å²) in [5, 5.41) is 20.1. The molecule has 0 radical (unpaired) electrons. The molecule has 3 rings (SSSR count). The lowest BCUT2D eigenvalue weighted by Gasteiger charge is -2.22. The first-order valence-electron chi connectivity index (χ1n) is 8.91. The number of aromatic nitrogens is 5. The third-order valence-corrected chi connectivity index (χ3v) is 4.36. The van der Waals surface area contributed by atoms with Gasteiger partial charge in [-0.3, -0.25) is 9.89 Å². The van der Waals surface area contributed by atoms with Crippen molar-refractivity contribution < 1.29 is 14.3 Å². The van der Waals surface area contributed by atoms with Gasteiger partial charge in [-0.15, -0.1) is 5.10 Å². The van der Waals surface area contributed by atoms with Crippen molar-refractivity contribution >= 4 is 17.8 Å². The van der Waals surface area contributed by atoms with Crippen molar-refractivity contribution in [2.24, 2.45) is 7.05 Å². The van der Waals surface area contributed by atoms with Crippen molar-refractivity contribution in [1.29, 1.82) is 0 Å². The molecule has 2 aromatic heterocycles. The Morgan fingerprint density at radius 2 is 2.11 bits per heavy atom. The van der Waals surface area contributed by atoms with Crippen molar-refractivity contribution in [3.05, 3.63) is 23.7 Å². The molecule has 2 atom stereocenters. The third kappa shape index (κ3) is 4.83. The van der Waals surface area contributed by atoms with E-state index in [4.69, 9.17) is 4.74 Å². The molecule has 1 aliphatic rings. The molecule has 0 spiro atoms. The molecule has 10 heteroatoms. The quantitative estimate of drug-likeness (QED) is 0.750. The summed E-state index contributed by atoms with van der Waals surface area (Å²) in [6, 6.07) is 1.81. The summed E-state index contributed by atoms with van der Waals surface area (Å²) in [4.78, 5) is 24.1. The molecule has 0 aliphatic heterocycles. The largest absolute Gasteiger partial charge is 0.446 e. The van der Waals surface area contributed by atoms with Crippen LogP contribution in [0.3, 0.4) is 0 Å². The first-order chi connectivity index (χ1) is 12.7. The van der Waals surface area contributed by atoms with E-state index in [9.17, 15) is 9.59 Å². The van der Waals surface area contributed by atoms with Crippen LogP contribution >= 0.6 is 0 Å². The molecule has 0 bridgehead atoms. The number of ether oxygens (including phenoxy) is 1. The van der Waals surface area contributed by atoms with Crippen LogP contribution < -0.4 is 10.6 Å². The number of alkyl carbamates (subject to hydrolysis) is 1. The Hall–Kier alpha value is -2.91. The topological polar surface area (TPSA) is 127 Å². The van der Waals surface area contributed by atoms with E-state index >= 15 is 0 Å². The van der Waals surface area contributed by atoms with Gasteiger partial charge in [-0.1, -0.05) is 5.21 Å². The highest BCUT2D eigenvalue weighted by molar-refractivity contribution is 6.02. The minimum atomic E-state index is -0.393. The van der Waals surface area contributed by atoms with E-state index in [2.05, 4.69) is 31.1 Å². The summed E-state index contributed by atoms with van der Waals surface area (Å²) in [7, 11) is 1.65. The number of carbonyl (C=O) groups excluding carboxylic acids is 2. The summed E-state index contributed by atoms with van der Waals surface area (Å²) in [5.74, 6) is 0.312. The van der Waals surface area contributed by atoms with Gasteiger partial charge in [0, 0.05) is 30.3 Å². The van der Waals surface area contributed by atoms with Gasteiger partial charge in [-0.05, 0) is 40.0 Å². The predicted octanol–water partition coefficient (Wildman–Crippen LogP) is 1.95.